The summed E-state index contributed by atoms with van der Waals surface area (Å²) in [6.45, 7) is 3.98. The van der Waals surface area contributed by atoms with Gasteiger partial charge in [-0.1, -0.05) is 28.6 Å². The number of non-ortho nitro benzene ring substituents is 1. The highest BCUT2D eigenvalue weighted by Gasteiger charge is 2.24. The standard InChI is InChI=1S/C19H14BrN3O4S/c1-2-9-27-16-8-3-13(20)10-12(16)11-17-18(24)22-19(28-17)21-14-4-6-15(7-5-14)23(25)26/h2-8,10-11H,1,9H2,(H,21,22,24)/b17-11-. The molecule has 0 atom stereocenters. The Morgan fingerprint density at radius 2 is 2.04 bits per heavy atom. The highest BCUT2D eigenvalue weighted by molar-refractivity contribution is 9.10. The molecule has 1 saturated heterocycles. The molecule has 0 unspecified atom stereocenters. The Kier molecular flexibility index (Phi) is 6.27. The van der Waals surface area contributed by atoms with E-state index in [4.69, 9.17) is 4.74 Å². The van der Waals surface area contributed by atoms with Gasteiger partial charge in [-0.2, -0.15) is 0 Å². The van der Waals surface area contributed by atoms with Gasteiger partial charge < -0.3 is 10.1 Å². The van der Waals surface area contributed by atoms with E-state index in [1.807, 2.05) is 18.2 Å². The molecule has 1 fully saturated rings. The second-order valence-corrected chi connectivity index (χ2v) is 7.48. The summed E-state index contributed by atoms with van der Waals surface area (Å²) in [5.41, 5.74) is 1.23. The van der Waals surface area contributed by atoms with Crippen LogP contribution < -0.4 is 10.1 Å². The van der Waals surface area contributed by atoms with E-state index < -0.39 is 4.92 Å². The van der Waals surface area contributed by atoms with Crippen molar-refractivity contribution in [1.82, 2.24) is 5.32 Å². The zero-order chi connectivity index (χ0) is 20.1. The predicted molar refractivity (Wildman–Crippen MR) is 114 cm³/mol. The average Bonchev–Trinajstić information content (AvgIpc) is 3.00. The molecule has 28 heavy (non-hydrogen) atoms. The highest BCUT2D eigenvalue weighted by Crippen LogP contribution is 2.32. The molecule has 2 aromatic carbocycles. The van der Waals surface area contributed by atoms with Gasteiger partial charge in [0.05, 0.1) is 15.5 Å². The predicted octanol–water partition coefficient (Wildman–Crippen LogP) is 4.81. The Hall–Kier alpha value is -2.91. The maximum Gasteiger partial charge on any atom is 0.269 e. The topological polar surface area (TPSA) is 93.8 Å². The van der Waals surface area contributed by atoms with E-state index in [0.29, 0.717) is 28.1 Å². The highest BCUT2D eigenvalue weighted by atomic mass is 79.9. The van der Waals surface area contributed by atoms with Crippen molar-refractivity contribution in [1.29, 1.82) is 0 Å². The Bertz CT molecular complexity index is 1000. The van der Waals surface area contributed by atoms with Crippen LogP contribution in [0.1, 0.15) is 5.56 Å². The number of amidine groups is 1. The minimum Gasteiger partial charge on any atom is -0.489 e. The third kappa shape index (κ3) is 4.87. The number of nitrogens with zero attached hydrogens (tertiary/aromatic N) is 2. The van der Waals surface area contributed by atoms with Gasteiger partial charge in [0, 0.05) is 22.2 Å². The van der Waals surface area contributed by atoms with Crippen molar-refractivity contribution in [3.05, 3.63) is 80.2 Å². The largest absolute Gasteiger partial charge is 0.489 e. The number of nitro groups is 1. The van der Waals surface area contributed by atoms with Crippen LogP contribution in [0, 0.1) is 10.1 Å². The molecule has 0 saturated carbocycles. The van der Waals surface area contributed by atoms with Gasteiger partial charge in [-0.15, -0.1) is 0 Å². The van der Waals surface area contributed by atoms with Gasteiger partial charge in [0.15, 0.2) is 5.17 Å². The number of hydrogen-bond acceptors (Lipinski definition) is 6. The first-order valence-corrected chi connectivity index (χ1v) is 9.64. The van der Waals surface area contributed by atoms with E-state index >= 15 is 0 Å². The summed E-state index contributed by atoms with van der Waals surface area (Å²) in [4.78, 5) is 27.3. The minimum atomic E-state index is -0.478. The van der Waals surface area contributed by atoms with Crippen LogP contribution in [0.3, 0.4) is 0 Å². The van der Waals surface area contributed by atoms with Crippen molar-refractivity contribution < 1.29 is 14.5 Å². The molecular formula is C19H14BrN3O4S. The van der Waals surface area contributed by atoms with Crippen molar-refractivity contribution in [3.63, 3.8) is 0 Å². The number of carbonyl (C=O) groups is 1. The second-order valence-electron chi connectivity index (χ2n) is 5.54. The molecular weight excluding hydrogens is 446 g/mol. The van der Waals surface area contributed by atoms with Crippen LogP contribution >= 0.6 is 27.7 Å². The number of amides is 1. The summed E-state index contributed by atoms with van der Waals surface area (Å²) in [6, 6.07) is 11.3. The van der Waals surface area contributed by atoms with Crippen LogP contribution in [0.4, 0.5) is 11.4 Å². The fourth-order valence-electron chi connectivity index (χ4n) is 2.30. The molecule has 9 heteroatoms. The smallest absolute Gasteiger partial charge is 0.269 e. The first-order valence-electron chi connectivity index (χ1n) is 8.03. The number of thioether (sulfide) groups is 1. The molecule has 2 aromatic rings. The molecule has 1 aliphatic heterocycles. The number of aliphatic imine (C=N–C) groups is 1. The van der Waals surface area contributed by atoms with Gasteiger partial charge in [-0.25, -0.2) is 4.99 Å². The number of halogens is 1. The summed E-state index contributed by atoms with van der Waals surface area (Å²) >= 11 is 4.60. The number of ether oxygens (including phenoxy) is 1. The van der Waals surface area contributed by atoms with Gasteiger partial charge in [0.1, 0.15) is 12.4 Å². The summed E-state index contributed by atoms with van der Waals surface area (Å²) < 4.78 is 6.49. The Labute approximate surface area is 173 Å². The number of carbonyl (C=O) groups excluding carboxylic acids is 1. The summed E-state index contributed by atoms with van der Waals surface area (Å²) in [5, 5.41) is 13.8. The molecule has 1 heterocycles. The van der Waals surface area contributed by atoms with Crippen LogP contribution in [0.25, 0.3) is 6.08 Å². The fourth-order valence-corrected chi connectivity index (χ4v) is 3.51. The molecule has 7 nitrogen and oxygen atoms in total. The van der Waals surface area contributed by atoms with Crippen molar-refractivity contribution in [2.24, 2.45) is 4.99 Å². The van der Waals surface area contributed by atoms with Gasteiger partial charge in [0.25, 0.3) is 11.6 Å². The fraction of sp³-hybridized carbons (Fsp3) is 0.0526. The van der Waals surface area contributed by atoms with Crippen LogP contribution in [-0.2, 0) is 4.79 Å². The normalized spacial score (nSPS) is 16.2. The Balaban J connectivity index is 1.83. The van der Waals surface area contributed by atoms with Crippen molar-refractivity contribution in [2.45, 2.75) is 0 Å². The quantitative estimate of drug-likeness (QED) is 0.289. The number of hydrogen-bond donors (Lipinski definition) is 1. The number of benzene rings is 2. The van der Waals surface area contributed by atoms with Gasteiger partial charge in [-0.3, -0.25) is 14.9 Å². The van der Waals surface area contributed by atoms with Crippen LogP contribution in [0.2, 0.25) is 0 Å². The number of nitrogens with one attached hydrogen (secondary N) is 1. The Morgan fingerprint density at radius 3 is 2.71 bits per heavy atom. The van der Waals surface area contributed by atoms with E-state index in [1.165, 1.54) is 36.0 Å². The van der Waals surface area contributed by atoms with E-state index in [2.05, 4.69) is 32.8 Å². The molecule has 1 N–H and O–H groups in total. The first kappa shape index (κ1) is 19.8. The van der Waals surface area contributed by atoms with Gasteiger partial charge in [-0.05, 0) is 48.2 Å². The lowest BCUT2D eigenvalue weighted by molar-refractivity contribution is -0.384. The third-order valence-electron chi connectivity index (χ3n) is 3.56. The van der Waals surface area contributed by atoms with Gasteiger partial charge >= 0.3 is 0 Å². The van der Waals surface area contributed by atoms with E-state index in [1.54, 1.807) is 12.2 Å². The molecule has 0 aliphatic carbocycles. The second kappa shape index (κ2) is 8.85. The van der Waals surface area contributed by atoms with Crippen molar-refractivity contribution in [3.8, 4) is 5.75 Å². The van der Waals surface area contributed by atoms with Crippen LogP contribution in [0.5, 0.6) is 5.75 Å². The summed E-state index contributed by atoms with van der Waals surface area (Å²) in [7, 11) is 0. The van der Waals surface area contributed by atoms with E-state index in [9.17, 15) is 14.9 Å². The maximum atomic E-state index is 12.3. The maximum absolute atomic E-state index is 12.3. The molecule has 0 radical (unpaired) electrons. The number of nitro benzene ring substituents is 1. The third-order valence-corrected chi connectivity index (χ3v) is 4.96. The molecule has 0 bridgehead atoms. The average molecular weight is 460 g/mol. The number of rotatable bonds is 6. The minimum absolute atomic E-state index is 0.0191. The van der Waals surface area contributed by atoms with E-state index in [0.717, 1.165) is 10.0 Å². The zero-order valence-corrected chi connectivity index (χ0v) is 16.8. The lowest BCUT2D eigenvalue weighted by atomic mass is 10.2. The van der Waals surface area contributed by atoms with Gasteiger partial charge in [0.2, 0.25) is 0 Å². The molecule has 1 aliphatic rings. The lowest BCUT2D eigenvalue weighted by Crippen LogP contribution is -2.19. The van der Waals surface area contributed by atoms with Crippen LogP contribution in [-0.4, -0.2) is 22.6 Å². The molecule has 142 valence electrons. The lowest BCUT2D eigenvalue weighted by Gasteiger charge is -2.08. The molecule has 0 spiro atoms. The monoisotopic (exact) mass is 459 g/mol. The SMILES string of the molecule is C=CCOc1ccc(Br)cc1/C=C1\SC(=Nc2ccc([N+](=O)[O-])cc2)NC1=O. The van der Waals surface area contributed by atoms with Crippen molar-refractivity contribution in [2.75, 3.05) is 6.61 Å². The Morgan fingerprint density at radius 1 is 1.29 bits per heavy atom. The molecule has 1 amide bonds. The zero-order valence-electron chi connectivity index (χ0n) is 14.4. The molecule has 0 aromatic heterocycles. The van der Waals surface area contributed by atoms with E-state index in [-0.39, 0.29) is 11.6 Å². The molecule has 3 rings (SSSR count). The summed E-state index contributed by atoms with van der Waals surface area (Å²) in [5.74, 6) is 0.352. The summed E-state index contributed by atoms with van der Waals surface area (Å²) in [6.07, 6.45) is 3.37. The van der Waals surface area contributed by atoms with Crippen LogP contribution in [0.15, 0.2) is 69.5 Å². The first-order chi connectivity index (χ1) is 13.5. The van der Waals surface area contributed by atoms with Crippen molar-refractivity contribution >= 4 is 56.2 Å².